The van der Waals surface area contributed by atoms with Crippen molar-refractivity contribution in [3.63, 3.8) is 0 Å². The molecular formula is C26H28F4N4O3. The summed E-state index contributed by atoms with van der Waals surface area (Å²) in [6.07, 6.45) is -0.587. The third-order valence-electron chi connectivity index (χ3n) is 6.40. The molecule has 3 aromatic rings. The molecule has 1 aliphatic rings. The number of rotatable bonds is 7. The Morgan fingerprint density at radius 3 is 2.51 bits per heavy atom. The third-order valence-corrected chi connectivity index (χ3v) is 6.40. The second kappa shape index (κ2) is 10.8. The average Bonchev–Trinajstić information content (AvgIpc) is 3.28. The van der Waals surface area contributed by atoms with Gasteiger partial charge in [0.15, 0.2) is 11.6 Å². The number of methoxy groups -OCH3 is 2. The van der Waals surface area contributed by atoms with E-state index in [2.05, 4.69) is 10.00 Å². The van der Waals surface area contributed by atoms with E-state index in [-0.39, 0.29) is 23.1 Å². The number of aromatic nitrogens is 2. The van der Waals surface area contributed by atoms with Gasteiger partial charge in [-0.15, -0.1) is 0 Å². The van der Waals surface area contributed by atoms with Crippen LogP contribution in [0.5, 0.6) is 11.5 Å². The van der Waals surface area contributed by atoms with Crippen molar-refractivity contribution in [2.24, 2.45) is 7.05 Å². The number of piperazine rings is 1. The van der Waals surface area contributed by atoms with E-state index in [9.17, 15) is 22.4 Å². The van der Waals surface area contributed by atoms with Gasteiger partial charge in [0.1, 0.15) is 5.75 Å². The number of hydrogen-bond acceptors (Lipinski definition) is 5. The Kier molecular flexibility index (Phi) is 7.72. The van der Waals surface area contributed by atoms with Gasteiger partial charge in [-0.2, -0.15) is 18.3 Å². The van der Waals surface area contributed by atoms with E-state index >= 15 is 0 Å². The summed E-state index contributed by atoms with van der Waals surface area (Å²) in [7, 11) is 4.45. The number of halogens is 4. The highest BCUT2D eigenvalue weighted by molar-refractivity contribution is 5.95. The molecule has 0 saturated carbocycles. The summed E-state index contributed by atoms with van der Waals surface area (Å²) in [5.74, 6) is -0.990. The third kappa shape index (κ3) is 6.22. The minimum absolute atomic E-state index is 0.0480. The molecule has 0 spiro atoms. The van der Waals surface area contributed by atoms with Crippen LogP contribution in [0.4, 0.5) is 17.6 Å². The second-order valence-electron chi connectivity index (χ2n) is 9.03. The van der Waals surface area contributed by atoms with Crippen LogP contribution < -0.4 is 9.47 Å². The van der Waals surface area contributed by atoms with Gasteiger partial charge >= 0.3 is 6.18 Å². The molecule has 0 aliphatic carbocycles. The number of nitrogens with zero attached hydrogens (tertiary/aromatic N) is 4. The summed E-state index contributed by atoms with van der Waals surface area (Å²) in [4.78, 5) is 17.3. The molecule has 37 heavy (non-hydrogen) atoms. The Balaban J connectivity index is 1.63. The summed E-state index contributed by atoms with van der Waals surface area (Å²) in [5.41, 5.74) is 0.692. The van der Waals surface area contributed by atoms with Gasteiger partial charge in [-0.1, -0.05) is 6.07 Å². The fraction of sp³-hybridized carbons (Fsp3) is 0.385. The second-order valence-corrected chi connectivity index (χ2v) is 9.03. The molecule has 4 rings (SSSR count). The van der Waals surface area contributed by atoms with E-state index in [1.165, 1.54) is 26.4 Å². The maximum Gasteiger partial charge on any atom is 0.416 e. The van der Waals surface area contributed by atoms with E-state index in [4.69, 9.17) is 9.47 Å². The van der Waals surface area contributed by atoms with Crippen molar-refractivity contribution >= 4 is 5.91 Å². The van der Waals surface area contributed by atoms with Crippen molar-refractivity contribution in [2.45, 2.75) is 25.2 Å². The molecule has 1 aliphatic heterocycles. The Morgan fingerprint density at radius 2 is 1.86 bits per heavy atom. The maximum absolute atomic E-state index is 14.0. The Bertz CT molecular complexity index is 1260. The van der Waals surface area contributed by atoms with Crippen molar-refractivity contribution < 1.29 is 31.8 Å². The number of aryl methyl sites for hydroxylation is 1. The normalized spacial score (nSPS) is 16.6. The highest BCUT2D eigenvalue weighted by Gasteiger charge is 2.35. The van der Waals surface area contributed by atoms with Gasteiger partial charge < -0.3 is 14.4 Å². The zero-order chi connectivity index (χ0) is 26.7. The van der Waals surface area contributed by atoms with E-state index < -0.39 is 23.5 Å². The van der Waals surface area contributed by atoms with Crippen LogP contribution in [-0.2, 0) is 26.2 Å². The van der Waals surface area contributed by atoms with Crippen LogP contribution in [0.15, 0.2) is 48.8 Å². The fourth-order valence-corrected chi connectivity index (χ4v) is 4.59. The molecule has 0 N–H and O–H groups in total. The van der Waals surface area contributed by atoms with Gasteiger partial charge in [0, 0.05) is 56.6 Å². The summed E-state index contributed by atoms with van der Waals surface area (Å²) >= 11 is 0. The first-order valence-electron chi connectivity index (χ1n) is 11.7. The molecule has 1 saturated heterocycles. The molecule has 0 radical (unpaired) electrons. The minimum Gasteiger partial charge on any atom is -0.497 e. The average molecular weight is 521 g/mol. The summed E-state index contributed by atoms with van der Waals surface area (Å²) in [6.45, 7) is 1.91. The van der Waals surface area contributed by atoms with Crippen molar-refractivity contribution in [2.75, 3.05) is 33.9 Å². The van der Waals surface area contributed by atoms with Crippen molar-refractivity contribution in [1.82, 2.24) is 19.6 Å². The largest absolute Gasteiger partial charge is 0.497 e. The minimum atomic E-state index is -4.63. The molecule has 7 nitrogen and oxygen atoms in total. The standard InChI is InChI=1S/C26H28F4N4O3/c1-32-14-18(13-31-32)15-33-6-7-34(21(16-33)8-17-4-5-23(27)24(9-17)37-3)25(35)19-10-20(26(28,29)30)12-22(11-19)36-2/h4-5,9-14,21H,6-8,15-16H2,1-3H3/t21-/m1/s1. The van der Waals surface area contributed by atoms with E-state index in [0.29, 0.717) is 32.6 Å². The fourth-order valence-electron chi connectivity index (χ4n) is 4.59. The molecule has 2 heterocycles. The van der Waals surface area contributed by atoms with Crippen molar-refractivity contribution in [1.29, 1.82) is 0 Å². The lowest BCUT2D eigenvalue weighted by Crippen LogP contribution is -2.55. The summed E-state index contributed by atoms with van der Waals surface area (Å²) in [5, 5.41) is 4.20. The Labute approximate surface area is 212 Å². The monoisotopic (exact) mass is 520 g/mol. The number of ether oxygens (including phenoxy) is 2. The zero-order valence-electron chi connectivity index (χ0n) is 20.8. The molecule has 1 amide bonds. The molecule has 1 aromatic heterocycles. The van der Waals surface area contributed by atoms with Crippen LogP contribution in [0.25, 0.3) is 0 Å². The lowest BCUT2D eigenvalue weighted by Gasteiger charge is -2.41. The van der Waals surface area contributed by atoms with Gasteiger partial charge in [-0.25, -0.2) is 4.39 Å². The van der Waals surface area contributed by atoms with Crippen molar-refractivity contribution in [3.05, 3.63) is 76.9 Å². The Hall–Kier alpha value is -3.60. The van der Waals surface area contributed by atoms with Crippen molar-refractivity contribution in [3.8, 4) is 11.5 Å². The van der Waals surface area contributed by atoms with Gasteiger partial charge in [-0.3, -0.25) is 14.4 Å². The van der Waals surface area contributed by atoms with E-state index in [1.807, 2.05) is 13.2 Å². The number of carbonyl (C=O) groups is 1. The summed E-state index contributed by atoms with van der Waals surface area (Å²) in [6, 6.07) is 7.15. The lowest BCUT2D eigenvalue weighted by atomic mass is 9.99. The van der Waals surface area contributed by atoms with Crippen LogP contribution in [0.1, 0.15) is 27.0 Å². The topological polar surface area (TPSA) is 59.8 Å². The number of benzene rings is 2. The first kappa shape index (κ1) is 26.5. The van der Waals surface area contributed by atoms with Gasteiger partial charge in [0.25, 0.3) is 5.91 Å². The van der Waals surface area contributed by atoms with Crippen LogP contribution in [0.2, 0.25) is 0 Å². The molecule has 1 fully saturated rings. The molecular weight excluding hydrogens is 492 g/mol. The predicted octanol–water partition coefficient (Wildman–Crippen LogP) is 4.16. The number of amides is 1. The zero-order valence-corrected chi connectivity index (χ0v) is 20.8. The maximum atomic E-state index is 14.0. The smallest absolute Gasteiger partial charge is 0.416 e. The number of alkyl halides is 3. The van der Waals surface area contributed by atoms with Gasteiger partial charge in [0.2, 0.25) is 0 Å². The van der Waals surface area contributed by atoms with Crippen LogP contribution in [0, 0.1) is 5.82 Å². The molecule has 0 bridgehead atoms. The molecule has 2 aromatic carbocycles. The molecule has 198 valence electrons. The van der Waals surface area contributed by atoms with Crippen LogP contribution in [0.3, 0.4) is 0 Å². The predicted molar refractivity (Wildman–Crippen MR) is 128 cm³/mol. The van der Waals surface area contributed by atoms with E-state index in [0.717, 1.165) is 23.3 Å². The highest BCUT2D eigenvalue weighted by Crippen LogP contribution is 2.33. The Morgan fingerprint density at radius 1 is 1.08 bits per heavy atom. The number of carbonyl (C=O) groups excluding carboxylic acids is 1. The quantitative estimate of drug-likeness (QED) is 0.438. The first-order valence-corrected chi connectivity index (χ1v) is 11.7. The molecule has 1 atom stereocenters. The highest BCUT2D eigenvalue weighted by atomic mass is 19.4. The van der Waals surface area contributed by atoms with Gasteiger partial charge in [-0.05, 0) is 42.3 Å². The lowest BCUT2D eigenvalue weighted by molar-refractivity contribution is -0.137. The summed E-state index contributed by atoms with van der Waals surface area (Å²) < 4.78 is 66.3. The SMILES string of the molecule is COc1cc(C(=O)N2CCN(Cc3cnn(C)c3)C[C@H]2Cc2ccc(F)c(OC)c2)cc(C(F)(F)F)c1. The van der Waals surface area contributed by atoms with E-state index in [1.54, 1.807) is 27.9 Å². The number of hydrogen-bond donors (Lipinski definition) is 0. The molecule has 0 unspecified atom stereocenters. The molecule has 11 heteroatoms. The van der Waals surface area contributed by atoms with Crippen LogP contribution in [-0.4, -0.2) is 65.4 Å². The van der Waals surface area contributed by atoms with Gasteiger partial charge in [0.05, 0.1) is 26.0 Å². The first-order chi connectivity index (χ1) is 17.6. The van der Waals surface area contributed by atoms with Crippen LogP contribution >= 0.6 is 0 Å².